The fraction of sp³-hybridized carbons (Fsp3) is 0.529. The normalized spacial score (nSPS) is 14.4. The lowest BCUT2D eigenvalue weighted by Gasteiger charge is -2.28. The van der Waals surface area contributed by atoms with Gasteiger partial charge in [-0.3, -0.25) is 9.59 Å². The lowest BCUT2D eigenvalue weighted by Crippen LogP contribution is -2.41. The van der Waals surface area contributed by atoms with Gasteiger partial charge >= 0.3 is 0 Å². The second-order valence-electron chi connectivity index (χ2n) is 6.09. The smallest absolute Gasteiger partial charge is 0.253 e. The molecule has 1 aliphatic rings. The Labute approximate surface area is 142 Å². The number of carbonyl (C=O) groups is 2. The minimum absolute atomic E-state index is 0.124. The largest absolute Gasteiger partial charge is 0.349 e. The van der Waals surface area contributed by atoms with Crippen LogP contribution in [0.25, 0.3) is 0 Å². The van der Waals surface area contributed by atoms with Crippen molar-refractivity contribution in [2.75, 3.05) is 11.9 Å². The number of benzene rings is 1. The summed E-state index contributed by atoms with van der Waals surface area (Å²) < 4.78 is 0. The van der Waals surface area contributed by atoms with Crippen LogP contribution in [0.1, 0.15) is 49.9 Å². The van der Waals surface area contributed by atoms with Crippen molar-refractivity contribution >= 4 is 29.1 Å². The van der Waals surface area contributed by atoms with E-state index in [1.165, 1.54) is 0 Å². The van der Waals surface area contributed by atoms with Crippen LogP contribution in [-0.2, 0) is 4.79 Å². The molecule has 126 valence electrons. The Kier molecular flexibility index (Phi) is 5.65. The third-order valence-corrected chi connectivity index (χ3v) is 4.94. The molecule has 0 atom stereocenters. The lowest BCUT2D eigenvalue weighted by atomic mass is 9.81. The molecular weight excluding hydrogens is 314 g/mol. The highest BCUT2D eigenvalue weighted by atomic mass is 35.5. The highest BCUT2D eigenvalue weighted by Crippen LogP contribution is 2.28. The summed E-state index contributed by atoms with van der Waals surface area (Å²) in [5.41, 5.74) is 6.15. The number of amides is 2. The number of anilines is 1. The molecule has 1 aromatic carbocycles. The van der Waals surface area contributed by atoms with Crippen LogP contribution in [0.3, 0.4) is 0 Å². The average Bonchev–Trinajstić information content (AvgIpc) is 3.35. The number of hydrogen-bond acceptors (Lipinski definition) is 3. The molecule has 0 spiro atoms. The van der Waals surface area contributed by atoms with Crippen LogP contribution >= 0.6 is 11.6 Å². The monoisotopic (exact) mass is 337 g/mol. The van der Waals surface area contributed by atoms with E-state index in [1.54, 1.807) is 18.2 Å². The van der Waals surface area contributed by atoms with Crippen LogP contribution in [0.2, 0.25) is 5.02 Å². The van der Waals surface area contributed by atoms with Gasteiger partial charge in [0.15, 0.2) is 0 Å². The first-order valence-electron chi connectivity index (χ1n) is 8.07. The lowest BCUT2D eigenvalue weighted by molar-refractivity contribution is -0.125. The molecule has 2 amide bonds. The molecular formula is C17H24ClN3O2. The molecule has 0 unspecified atom stereocenters. The minimum atomic E-state index is -0.587. The van der Waals surface area contributed by atoms with Gasteiger partial charge in [-0.2, -0.15) is 0 Å². The Bertz CT molecular complexity index is 587. The standard InChI is InChI=1S/C17H24ClN3O2/c1-3-17(4-2,10-19)16(23)21-12-7-8-14(18)13(9-12)15(22)20-11-5-6-11/h7-9,11H,3-6,10,19H2,1-2H3,(H,20,22)(H,21,23). The zero-order valence-corrected chi connectivity index (χ0v) is 14.4. The molecule has 1 aromatic rings. The van der Waals surface area contributed by atoms with Crippen LogP contribution in [0.4, 0.5) is 5.69 Å². The van der Waals surface area contributed by atoms with E-state index in [4.69, 9.17) is 17.3 Å². The molecule has 23 heavy (non-hydrogen) atoms. The summed E-state index contributed by atoms with van der Waals surface area (Å²) in [6.45, 7) is 4.19. The van der Waals surface area contributed by atoms with Crippen molar-refractivity contribution in [3.63, 3.8) is 0 Å². The van der Waals surface area contributed by atoms with Crippen LogP contribution in [-0.4, -0.2) is 24.4 Å². The van der Waals surface area contributed by atoms with Crippen LogP contribution in [0.5, 0.6) is 0 Å². The fourth-order valence-electron chi connectivity index (χ4n) is 2.48. The van der Waals surface area contributed by atoms with Gasteiger partial charge in [-0.1, -0.05) is 25.4 Å². The van der Waals surface area contributed by atoms with E-state index >= 15 is 0 Å². The van der Waals surface area contributed by atoms with Crippen molar-refractivity contribution in [1.29, 1.82) is 0 Å². The van der Waals surface area contributed by atoms with Crippen molar-refractivity contribution in [3.8, 4) is 0 Å². The summed E-state index contributed by atoms with van der Waals surface area (Å²) in [5, 5.41) is 6.14. The van der Waals surface area contributed by atoms with Crippen molar-refractivity contribution in [3.05, 3.63) is 28.8 Å². The topological polar surface area (TPSA) is 84.2 Å². The summed E-state index contributed by atoms with van der Waals surface area (Å²) in [6.07, 6.45) is 3.33. The van der Waals surface area contributed by atoms with E-state index in [-0.39, 0.29) is 24.4 Å². The van der Waals surface area contributed by atoms with Gasteiger partial charge in [-0.25, -0.2) is 0 Å². The number of halogens is 1. The SMILES string of the molecule is CCC(CC)(CN)C(=O)Nc1ccc(Cl)c(C(=O)NC2CC2)c1. The van der Waals surface area contributed by atoms with Gasteiger partial charge in [-0.05, 0) is 43.9 Å². The van der Waals surface area contributed by atoms with Crippen LogP contribution < -0.4 is 16.4 Å². The zero-order chi connectivity index (χ0) is 17.0. The molecule has 6 heteroatoms. The van der Waals surface area contributed by atoms with Gasteiger partial charge in [0.25, 0.3) is 5.91 Å². The Morgan fingerprint density at radius 3 is 2.48 bits per heavy atom. The van der Waals surface area contributed by atoms with Gasteiger partial charge in [0, 0.05) is 18.3 Å². The summed E-state index contributed by atoms with van der Waals surface area (Å²) in [6, 6.07) is 5.19. The number of carbonyl (C=O) groups excluding carboxylic acids is 2. The molecule has 1 fully saturated rings. The van der Waals surface area contributed by atoms with Gasteiger partial charge in [0.05, 0.1) is 16.0 Å². The van der Waals surface area contributed by atoms with Crippen molar-refractivity contribution in [1.82, 2.24) is 5.32 Å². The fourth-order valence-corrected chi connectivity index (χ4v) is 2.69. The Balaban J connectivity index is 2.16. The first kappa shape index (κ1) is 17.8. The van der Waals surface area contributed by atoms with Crippen molar-refractivity contribution in [2.24, 2.45) is 11.1 Å². The van der Waals surface area contributed by atoms with Gasteiger partial charge in [0.1, 0.15) is 0 Å². The molecule has 5 nitrogen and oxygen atoms in total. The van der Waals surface area contributed by atoms with Crippen molar-refractivity contribution < 1.29 is 9.59 Å². The molecule has 0 saturated heterocycles. The molecule has 0 heterocycles. The number of nitrogens with one attached hydrogen (secondary N) is 2. The number of nitrogens with two attached hydrogens (primary N) is 1. The third-order valence-electron chi connectivity index (χ3n) is 4.61. The van der Waals surface area contributed by atoms with E-state index in [0.29, 0.717) is 29.1 Å². The maximum atomic E-state index is 12.6. The minimum Gasteiger partial charge on any atom is -0.349 e. The summed E-state index contributed by atoms with van der Waals surface area (Å²) >= 11 is 6.11. The molecule has 1 aliphatic carbocycles. The summed E-state index contributed by atoms with van der Waals surface area (Å²) in [5.74, 6) is -0.328. The number of rotatable bonds is 7. The Morgan fingerprint density at radius 2 is 1.96 bits per heavy atom. The first-order valence-corrected chi connectivity index (χ1v) is 8.45. The number of hydrogen-bond donors (Lipinski definition) is 3. The zero-order valence-electron chi connectivity index (χ0n) is 13.6. The average molecular weight is 338 g/mol. The van der Waals surface area contributed by atoms with E-state index in [1.807, 2.05) is 13.8 Å². The highest BCUT2D eigenvalue weighted by molar-refractivity contribution is 6.34. The maximum Gasteiger partial charge on any atom is 0.253 e. The Morgan fingerprint density at radius 1 is 1.30 bits per heavy atom. The quantitative estimate of drug-likeness (QED) is 0.715. The molecule has 0 radical (unpaired) electrons. The van der Waals surface area contributed by atoms with E-state index < -0.39 is 5.41 Å². The van der Waals surface area contributed by atoms with Crippen LogP contribution in [0.15, 0.2) is 18.2 Å². The van der Waals surface area contributed by atoms with Gasteiger partial charge < -0.3 is 16.4 Å². The molecule has 4 N–H and O–H groups in total. The highest BCUT2D eigenvalue weighted by Gasteiger charge is 2.33. The molecule has 1 saturated carbocycles. The molecule has 0 aliphatic heterocycles. The summed E-state index contributed by atoms with van der Waals surface area (Å²) in [7, 11) is 0. The van der Waals surface area contributed by atoms with E-state index in [2.05, 4.69) is 10.6 Å². The molecule has 2 rings (SSSR count). The van der Waals surface area contributed by atoms with Gasteiger partial charge in [-0.15, -0.1) is 0 Å². The third kappa shape index (κ3) is 4.03. The van der Waals surface area contributed by atoms with E-state index in [0.717, 1.165) is 12.8 Å². The first-order chi connectivity index (χ1) is 11.0. The second-order valence-corrected chi connectivity index (χ2v) is 6.50. The van der Waals surface area contributed by atoms with E-state index in [9.17, 15) is 9.59 Å². The Hall–Kier alpha value is -1.59. The summed E-state index contributed by atoms with van der Waals surface area (Å²) in [4.78, 5) is 24.7. The predicted octanol–water partition coefficient (Wildman–Crippen LogP) is 2.94. The predicted molar refractivity (Wildman–Crippen MR) is 92.6 cm³/mol. The maximum absolute atomic E-state index is 12.6. The van der Waals surface area contributed by atoms with Crippen LogP contribution in [0, 0.1) is 5.41 Å². The molecule has 0 bridgehead atoms. The molecule has 0 aromatic heterocycles. The second kappa shape index (κ2) is 7.32. The van der Waals surface area contributed by atoms with Gasteiger partial charge in [0.2, 0.25) is 5.91 Å². The van der Waals surface area contributed by atoms with Crippen molar-refractivity contribution in [2.45, 2.75) is 45.6 Å².